The molecule has 3 aliphatic carbocycles. The number of nitro benzene ring substituents is 1. The molecule has 3 fully saturated rings. The van der Waals surface area contributed by atoms with Crippen molar-refractivity contribution in [3.8, 4) is 5.75 Å². The van der Waals surface area contributed by atoms with Crippen molar-refractivity contribution in [3.63, 3.8) is 0 Å². The maximum atomic E-state index is 12.8. The van der Waals surface area contributed by atoms with E-state index in [9.17, 15) is 24.8 Å². The SMILES string of the molecule is O=C1[C@@H]2[C@@H](C(=O)N1/N=C\c1cc([N+](=O)[O-])ccc1[O-])[C@@H]1C=C[C@H]2C12CC2. The van der Waals surface area contributed by atoms with Gasteiger partial charge in [0, 0.05) is 12.1 Å². The normalized spacial score (nSPS) is 32.8. The standard InChI is InChI=1S/C18H15N3O5/c22-13-4-1-10(21(25)26)7-9(13)8-19-20-16(23)14-11-2-3-12(15(14)17(20)24)18(11)5-6-18/h1-4,7-8,11-12,14-15,22H,5-6H2/p-1/b19-8-/t11-,12+,14-,15-/m0/s1. The summed E-state index contributed by atoms with van der Waals surface area (Å²) in [5.41, 5.74) is -0.171. The summed E-state index contributed by atoms with van der Waals surface area (Å²) >= 11 is 0. The number of hydrogen-bond donors (Lipinski definition) is 0. The molecule has 1 aromatic rings. The Balaban J connectivity index is 1.44. The second-order valence-electron chi connectivity index (χ2n) is 7.43. The van der Waals surface area contributed by atoms with Gasteiger partial charge in [-0.1, -0.05) is 24.0 Å². The van der Waals surface area contributed by atoms with Crippen LogP contribution in [0.4, 0.5) is 5.69 Å². The van der Waals surface area contributed by atoms with E-state index in [2.05, 4.69) is 17.3 Å². The van der Waals surface area contributed by atoms with Gasteiger partial charge >= 0.3 is 0 Å². The average molecular weight is 352 g/mol. The number of hydrogen-bond acceptors (Lipinski definition) is 6. The van der Waals surface area contributed by atoms with E-state index in [1.54, 1.807) is 0 Å². The fourth-order valence-corrected chi connectivity index (χ4v) is 5.05. The number of fused-ring (bicyclic) bond motifs is 3. The molecule has 1 spiro atoms. The van der Waals surface area contributed by atoms with Gasteiger partial charge in [0.15, 0.2) is 0 Å². The van der Waals surface area contributed by atoms with E-state index in [0.29, 0.717) is 0 Å². The molecule has 0 radical (unpaired) electrons. The molecule has 1 saturated heterocycles. The highest BCUT2D eigenvalue weighted by molar-refractivity contribution is 6.07. The van der Waals surface area contributed by atoms with Crippen molar-refractivity contribution in [1.29, 1.82) is 0 Å². The molecule has 1 heterocycles. The number of allylic oxidation sites excluding steroid dienone is 2. The van der Waals surface area contributed by atoms with Gasteiger partial charge in [-0.25, -0.2) is 0 Å². The highest BCUT2D eigenvalue weighted by Crippen LogP contribution is 2.73. The molecule has 4 aliphatic rings. The molecular weight excluding hydrogens is 338 g/mol. The Hall–Kier alpha value is -3.03. The van der Waals surface area contributed by atoms with E-state index in [4.69, 9.17) is 0 Å². The Morgan fingerprint density at radius 3 is 2.31 bits per heavy atom. The largest absolute Gasteiger partial charge is 0.872 e. The summed E-state index contributed by atoms with van der Waals surface area (Å²) in [4.78, 5) is 35.7. The number of benzene rings is 1. The Morgan fingerprint density at radius 1 is 1.15 bits per heavy atom. The van der Waals surface area contributed by atoms with Crippen LogP contribution < -0.4 is 5.11 Å². The minimum Gasteiger partial charge on any atom is -0.872 e. The summed E-state index contributed by atoms with van der Waals surface area (Å²) < 4.78 is 0. The van der Waals surface area contributed by atoms with Gasteiger partial charge in [0.1, 0.15) is 0 Å². The molecule has 26 heavy (non-hydrogen) atoms. The van der Waals surface area contributed by atoms with Crippen molar-refractivity contribution in [2.75, 3.05) is 0 Å². The van der Waals surface area contributed by atoms with Gasteiger partial charge in [0.25, 0.3) is 17.5 Å². The van der Waals surface area contributed by atoms with Gasteiger partial charge in [-0.2, -0.15) is 10.1 Å². The number of amides is 2. The van der Waals surface area contributed by atoms with Crippen LogP contribution in [-0.4, -0.2) is 28.0 Å². The van der Waals surface area contributed by atoms with Crippen molar-refractivity contribution in [1.82, 2.24) is 5.01 Å². The van der Waals surface area contributed by atoms with Crippen LogP contribution in [0.25, 0.3) is 0 Å². The van der Waals surface area contributed by atoms with Crippen LogP contribution in [0, 0.1) is 39.2 Å². The number of rotatable bonds is 3. The third-order valence-corrected chi connectivity index (χ3v) is 6.35. The molecule has 0 aromatic heterocycles. The zero-order chi connectivity index (χ0) is 18.2. The molecule has 4 atom stereocenters. The van der Waals surface area contributed by atoms with Crippen molar-refractivity contribution in [2.45, 2.75) is 12.8 Å². The lowest BCUT2D eigenvalue weighted by molar-refractivity contribution is -0.385. The number of nitro groups is 1. The van der Waals surface area contributed by atoms with E-state index in [1.807, 2.05) is 0 Å². The smallest absolute Gasteiger partial charge is 0.270 e. The summed E-state index contributed by atoms with van der Waals surface area (Å²) in [6, 6.07) is 3.26. The number of carbonyl (C=O) groups excluding carboxylic acids is 2. The third-order valence-electron chi connectivity index (χ3n) is 6.35. The minimum atomic E-state index is -0.619. The number of non-ortho nitro benzene ring substituents is 1. The van der Waals surface area contributed by atoms with Gasteiger partial charge in [-0.05, 0) is 35.7 Å². The number of hydrazone groups is 1. The Morgan fingerprint density at radius 2 is 1.77 bits per heavy atom. The van der Waals surface area contributed by atoms with Gasteiger partial charge in [-0.3, -0.25) is 19.7 Å². The van der Waals surface area contributed by atoms with Gasteiger partial charge < -0.3 is 5.11 Å². The lowest BCUT2D eigenvalue weighted by atomic mass is 9.85. The first-order chi connectivity index (χ1) is 12.4. The average Bonchev–Trinajstić information content (AvgIpc) is 3.21. The third kappa shape index (κ3) is 1.76. The summed E-state index contributed by atoms with van der Waals surface area (Å²) in [5, 5.41) is 27.5. The molecule has 0 unspecified atom stereocenters. The highest BCUT2D eigenvalue weighted by Gasteiger charge is 2.73. The molecule has 2 saturated carbocycles. The summed E-state index contributed by atoms with van der Waals surface area (Å²) in [7, 11) is 0. The number of carbonyl (C=O) groups is 2. The number of imide groups is 1. The molecule has 2 bridgehead atoms. The van der Waals surface area contributed by atoms with Crippen molar-refractivity contribution in [2.24, 2.45) is 34.2 Å². The molecule has 1 aromatic carbocycles. The first kappa shape index (κ1) is 15.2. The second kappa shape index (κ2) is 4.78. The molecule has 8 heteroatoms. The fraction of sp³-hybridized carbons (Fsp3) is 0.389. The predicted molar refractivity (Wildman–Crippen MR) is 86.8 cm³/mol. The first-order valence-electron chi connectivity index (χ1n) is 8.50. The van der Waals surface area contributed by atoms with Crippen LogP contribution in [0.1, 0.15) is 18.4 Å². The Bertz CT molecular complexity index is 899. The molecule has 1 aliphatic heterocycles. The summed E-state index contributed by atoms with van der Waals surface area (Å²) in [6.45, 7) is 0. The predicted octanol–water partition coefficient (Wildman–Crippen LogP) is 1.20. The van der Waals surface area contributed by atoms with Crippen molar-refractivity contribution < 1.29 is 19.6 Å². The quantitative estimate of drug-likeness (QED) is 0.266. The molecule has 2 amide bonds. The molecule has 5 rings (SSSR count). The minimum absolute atomic E-state index is 0.0309. The van der Waals surface area contributed by atoms with E-state index in [0.717, 1.165) is 42.3 Å². The topological polar surface area (TPSA) is 116 Å². The number of nitrogens with zero attached hydrogens (tertiary/aromatic N) is 3. The maximum absolute atomic E-state index is 12.8. The van der Waals surface area contributed by atoms with Crippen molar-refractivity contribution in [3.05, 3.63) is 46.0 Å². The molecule has 132 valence electrons. The zero-order valence-electron chi connectivity index (χ0n) is 13.6. The van der Waals surface area contributed by atoms with Crippen LogP contribution >= 0.6 is 0 Å². The van der Waals surface area contributed by atoms with Crippen LogP contribution in [0.5, 0.6) is 5.75 Å². The lowest BCUT2D eigenvalue weighted by Crippen LogP contribution is -2.30. The zero-order valence-corrected chi connectivity index (χ0v) is 13.6. The van der Waals surface area contributed by atoms with E-state index in [-0.39, 0.29) is 52.2 Å². The summed E-state index contributed by atoms with van der Waals surface area (Å²) in [6.07, 6.45) is 7.30. The van der Waals surface area contributed by atoms with E-state index in [1.165, 1.54) is 0 Å². The Labute approximate surface area is 147 Å². The molecule has 0 N–H and O–H groups in total. The van der Waals surface area contributed by atoms with Gasteiger partial charge in [-0.15, -0.1) is 0 Å². The van der Waals surface area contributed by atoms with E-state index < -0.39 is 10.7 Å². The molecular formula is C18H14N3O5-. The molecule has 8 nitrogen and oxygen atoms in total. The lowest BCUT2D eigenvalue weighted by Gasteiger charge is -2.18. The first-order valence-corrected chi connectivity index (χ1v) is 8.50. The summed E-state index contributed by atoms with van der Waals surface area (Å²) in [5.74, 6) is -1.67. The van der Waals surface area contributed by atoms with Crippen LogP contribution in [-0.2, 0) is 9.59 Å². The second-order valence-corrected chi connectivity index (χ2v) is 7.43. The van der Waals surface area contributed by atoms with Crippen molar-refractivity contribution >= 4 is 23.7 Å². The van der Waals surface area contributed by atoms with Crippen LogP contribution in [0.3, 0.4) is 0 Å². The highest BCUT2D eigenvalue weighted by atomic mass is 16.6. The van der Waals surface area contributed by atoms with E-state index >= 15 is 0 Å². The van der Waals surface area contributed by atoms with Crippen LogP contribution in [0.2, 0.25) is 0 Å². The Kier molecular flexibility index (Phi) is 2.80. The van der Waals surface area contributed by atoms with Crippen LogP contribution in [0.15, 0.2) is 35.5 Å². The van der Waals surface area contributed by atoms with Gasteiger partial charge in [0.2, 0.25) is 0 Å². The maximum Gasteiger partial charge on any atom is 0.270 e. The monoisotopic (exact) mass is 352 g/mol. The van der Waals surface area contributed by atoms with Gasteiger partial charge in [0.05, 0.1) is 23.0 Å². The fourth-order valence-electron chi connectivity index (χ4n) is 5.05.